The minimum Gasteiger partial charge on any atom is -0.462 e. The van der Waals surface area contributed by atoms with Crippen LogP contribution in [0.2, 0.25) is 0 Å². The van der Waals surface area contributed by atoms with Crippen LogP contribution in [0.4, 0.5) is 0 Å². The average Bonchev–Trinajstić information content (AvgIpc) is 2.18. The van der Waals surface area contributed by atoms with Gasteiger partial charge in [0, 0.05) is 0 Å². The summed E-state index contributed by atoms with van der Waals surface area (Å²) in [7, 11) is -0.0623. The van der Waals surface area contributed by atoms with E-state index in [1.165, 1.54) is 0 Å². The lowest BCUT2D eigenvalue weighted by Gasteiger charge is -2.02. The Bertz CT molecular complexity index is 299. The summed E-state index contributed by atoms with van der Waals surface area (Å²) in [6, 6.07) is 6.76. The third-order valence-corrected chi connectivity index (χ3v) is 1.62. The van der Waals surface area contributed by atoms with Crippen molar-refractivity contribution in [3.8, 4) is 0 Å². The molecule has 1 aromatic rings. The molecular formula is C9H11BO3. The molecule has 13 heavy (non-hydrogen) atoms. The Labute approximate surface area is 77.6 Å². The van der Waals surface area contributed by atoms with Crippen molar-refractivity contribution in [1.82, 2.24) is 0 Å². The second-order valence-electron chi connectivity index (χ2n) is 2.58. The molecular weight excluding hydrogens is 167 g/mol. The SMILES string of the molecule is CCOC(=O)c1cccc(BO)c1. The molecule has 0 radical (unpaired) electrons. The van der Waals surface area contributed by atoms with E-state index in [-0.39, 0.29) is 13.5 Å². The highest BCUT2D eigenvalue weighted by molar-refractivity contribution is 6.45. The summed E-state index contributed by atoms with van der Waals surface area (Å²) in [6.45, 7) is 2.12. The molecule has 0 heterocycles. The zero-order valence-corrected chi connectivity index (χ0v) is 7.49. The minimum atomic E-state index is -0.349. The van der Waals surface area contributed by atoms with Gasteiger partial charge >= 0.3 is 13.5 Å². The summed E-state index contributed by atoms with van der Waals surface area (Å²) >= 11 is 0. The van der Waals surface area contributed by atoms with Crippen molar-refractivity contribution in [3.05, 3.63) is 29.8 Å². The highest BCUT2D eigenvalue weighted by Crippen LogP contribution is 1.98. The largest absolute Gasteiger partial charge is 0.462 e. The predicted octanol–water partition coefficient (Wildman–Crippen LogP) is -0.168. The quantitative estimate of drug-likeness (QED) is 0.516. The van der Waals surface area contributed by atoms with Gasteiger partial charge in [0.1, 0.15) is 0 Å². The van der Waals surface area contributed by atoms with Gasteiger partial charge in [-0.15, -0.1) is 0 Å². The molecule has 0 unspecified atom stereocenters. The molecule has 4 heteroatoms. The number of ether oxygens (including phenoxy) is 1. The van der Waals surface area contributed by atoms with E-state index in [1.54, 1.807) is 31.2 Å². The first-order valence-corrected chi connectivity index (χ1v) is 4.15. The maximum absolute atomic E-state index is 11.2. The molecule has 1 N–H and O–H groups in total. The molecule has 1 aromatic carbocycles. The molecule has 0 fully saturated rings. The Morgan fingerprint density at radius 3 is 3.00 bits per heavy atom. The van der Waals surface area contributed by atoms with Crippen molar-refractivity contribution in [2.45, 2.75) is 6.92 Å². The standard InChI is InChI=1S/C9H11BO3/c1-2-13-9(11)7-4-3-5-8(6-7)10-12/h3-6,10,12H,2H2,1H3. The lowest BCUT2D eigenvalue weighted by molar-refractivity contribution is 0.0526. The second-order valence-corrected chi connectivity index (χ2v) is 2.58. The summed E-state index contributed by atoms with van der Waals surface area (Å²) in [6.07, 6.45) is 0. The molecule has 0 aliphatic carbocycles. The van der Waals surface area contributed by atoms with E-state index in [4.69, 9.17) is 9.76 Å². The van der Waals surface area contributed by atoms with Gasteiger partial charge in [-0.2, -0.15) is 0 Å². The first kappa shape index (κ1) is 9.80. The maximum atomic E-state index is 11.2. The average molecular weight is 178 g/mol. The monoisotopic (exact) mass is 178 g/mol. The number of esters is 1. The van der Waals surface area contributed by atoms with E-state index in [9.17, 15) is 4.79 Å². The van der Waals surface area contributed by atoms with E-state index >= 15 is 0 Å². The number of hydrogen-bond donors (Lipinski definition) is 1. The van der Waals surface area contributed by atoms with Crippen molar-refractivity contribution < 1.29 is 14.6 Å². The first-order valence-electron chi connectivity index (χ1n) is 4.15. The third-order valence-electron chi connectivity index (χ3n) is 1.62. The zero-order chi connectivity index (χ0) is 9.68. The number of carbonyl (C=O) groups is 1. The zero-order valence-electron chi connectivity index (χ0n) is 7.49. The molecule has 3 nitrogen and oxygen atoms in total. The van der Waals surface area contributed by atoms with Crippen LogP contribution >= 0.6 is 0 Å². The van der Waals surface area contributed by atoms with Crippen molar-refractivity contribution in [3.63, 3.8) is 0 Å². The van der Waals surface area contributed by atoms with Crippen LogP contribution in [0.3, 0.4) is 0 Å². The molecule has 0 aromatic heterocycles. The van der Waals surface area contributed by atoms with Crippen LogP contribution in [0.25, 0.3) is 0 Å². The van der Waals surface area contributed by atoms with Crippen molar-refractivity contribution in [2.24, 2.45) is 0 Å². The van der Waals surface area contributed by atoms with Crippen LogP contribution < -0.4 is 5.46 Å². The van der Waals surface area contributed by atoms with Crippen LogP contribution in [-0.2, 0) is 4.74 Å². The molecule has 0 atom stereocenters. The molecule has 0 aliphatic rings. The second kappa shape index (κ2) is 4.67. The normalized spacial score (nSPS) is 9.38. The molecule has 68 valence electrons. The van der Waals surface area contributed by atoms with Crippen molar-refractivity contribution in [2.75, 3.05) is 6.61 Å². The van der Waals surface area contributed by atoms with Gasteiger partial charge < -0.3 is 9.76 Å². The number of benzene rings is 1. The van der Waals surface area contributed by atoms with Gasteiger partial charge in [0.2, 0.25) is 0 Å². The summed E-state index contributed by atoms with van der Waals surface area (Å²) in [4.78, 5) is 11.2. The molecule has 0 saturated carbocycles. The third kappa shape index (κ3) is 2.59. The van der Waals surface area contributed by atoms with Crippen LogP contribution in [-0.4, -0.2) is 25.1 Å². The fourth-order valence-electron chi connectivity index (χ4n) is 1.01. The number of rotatable bonds is 3. The number of carbonyl (C=O) groups excluding carboxylic acids is 1. The Hall–Kier alpha value is -1.29. The minimum absolute atomic E-state index is 0.0623. The Kier molecular flexibility index (Phi) is 3.52. The summed E-state index contributed by atoms with van der Waals surface area (Å²) < 4.78 is 4.81. The molecule has 0 aliphatic heterocycles. The highest BCUT2D eigenvalue weighted by atomic mass is 16.5. The number of hydrogen-bond acceptors (Lipinski definition) is 3. The van der Waals surface area contributed by atoms with Gasteiger partial charge in [-0.3, -0.25) is 0 Å². The van der Waals surface area contributed by atoms with Crippen LogP contribution in [0.1, 0.15) is 17.3 Å². The topological polar surface area (TPSA) is 46.5 Å². The molecule has 0 bridgehead atoms. The lowest BCUT2D eigenvalue weighted by atomic mass is 9.88. The van der Waals surface area contributed by atoms with E-state index in [2.05, 4.69) is 0 Å². The highest BCUT2D eigenvalue weighted by Gasteiger charge is 2.05. The maximum Gasteiger partial charge on any atom is 0.338 e. The van der Waals surface area contributed by atoms with Gasteiger partial charge in [-0.05, 0) is 13.0 Å². The van der Waals surface area contributed by atoms with Gasteiger partial charge in [0.15, 0.2) is 0 Å². The summed E-state index contributed by atoms with van der Waals surface area (Å²) in [5.74, 6) is -0.349. The fraction of sp³-hybridized carbons (Fsp3) is 0.222. The fourth-order valence-corrected chi connectivity index (χ4v) is 1.01. The van der Waals surface area contributed by atoms with Gasteiger partial charge in [0.05, 0.1) is 12.2 Å². The van der Waals surface area contributed by atoms with Crippen LogP contribution in [0, 0.1) is 0 Å². The van der Waals surface area contributed by atoms with Crippen LogP contribution in [0.5, 0.6) is 0 Å². The Morgan fingerprint density at radius 1 is 1.62 bits per heavy atom. The van der Waals surface area contributed by atoms with Crippen molar-refractivity contribution >= 4 is 18.9 Å². The van der Waals surface area contributed by atoms with Gasteiger partial charge in [0.25, 0.3) is 0 Å². The van der Waals surface area contributed by atoms with E-state index < -0.39 is 0 Å². The Balaban J connectivity index is 2.82. The molecule has 0 amide bonds. The molecule has 0 spiro atoms. The summed E-state index contributed by atoms with van der Waals surface area (Å²) in [5, 5.41) is 8.82. The summed E-state index contributed by atoms with van der Waals surface area (Å²) in [5.41, 5.74) is 1.19. The van der Waals surface area contributed by atoms with E-state index in [1.807, 2.05) is 0 Å². The molecule has 1 rings (SSSR count). The van der Waals surface area contributed by atoms with Crippen LogP contribution in [0.15, 0.2) is 24.3 Å². The van der Waals surface area contributed by atoms with E-state index in [0.29, 0.717) is 17.6 Å². The molecule has 0 saturated heterocycles. The smallest absolute Gasteiger partial charge is 0.338 e. The van der Waals surface area contributed by atoms with Gasteiger partial charge in [-0.25, -0.2) is 4.79 Å². The van der Waals surface area contributed by atoms with E-state index in [0.717, 1.165) is 0 Å². The lowest BCUT2D eigenvalue weighted by Crippen LogP contribution is -2.15. The Morgan fingerprint density at radius 2 is 2.38 bits per heavy atom. The van der Waals surface area contributed by atoms with Crippen molar-refractivity contribution in [1.29, 1.82) is 0 Å². The van der Waals surface area contributed by atoms with Gasteiger partial charge in [-0.1, -0.05) is 23.7 Å². The first-order chi connectivity index (χ1) is 6.27. The predicted molar refractivity (Wildman–Crippen MR) is 51.4 cm³/mol.